The summed E-state index contributed by atoms with van der Waals surface area (Å²) in [6, 6.07) is 7.11. The van der Waals surface area contributed by atoms with E-state index in [0.29, 0.717) is 36.5 Å². The largest absolute Gasteiger partial charge is 0.495 e. The lowest BCUT2D eigenvalue weighted by Crippen LogP contribution is -2.51. The summed E-state index contributed by atoms with van der Waals surface area (Å²) in [7, 11) is -0.462. The van der Waals surface area contributed by atoms with Gasteiger partial charge in [0.2, 0.25) is 5.91 Å². The number of hydrogen-bond donors (Lipinski definition) is 3. The summed E-state index contributed by atoms with van der Waals surface area (Å²) >= 11 is 0. The van der Waals surface area contributed by atoms with Crippen LogP contribution in [0.2, 0.25) is 0 Å². The van der Waals surface area contributed by atoms with E-state index in [1.807, 2.05) is 11.8 Å². The number of nitrogens with one attached hydrogen (secondary N) is 3. The summed E-state index contributed by atoms with van der Waals surface area (Å²) < 4.78 is 69.9. The number of alkyl halides is 3. The number of carbonyl (C=O) groups excluding carboxylic acids is 2. The highest BCUT2D eigenvalue weighted by molar-refractivity contribution is 7.90. The number of fused-ring (bicyclic) bond motifs is 1. The van der Waals surface area contributed by atoms with Crippen molar-refractivity contribution in [2.24, 2.45) is 5.92 Å². The Morgan fingerprint density at radius 3 is 2.60 bits per heavy atom. The number of imidazole rings is 1. The van der Waals surface area contributed by atoms with Crippen LogP contribution < -0.4 is 20.7 Å². The molecule has 0 saturated carbocycles. The van der Waals surface area contributed by atoms with Gasteiger partial charge >= 0.3 is 6.18 Å². The van der Waals surface area contributed by atoms with E-state index in [1.54, 1.807) is 13.1 Å². The first-order chi connectivity index (χ1) is 21.2. The smallest absolute Gasteiger partial charge is 0.406 e. The third-order valence-corrected chi connectivity index (χ3v) is 8.58. The number of aromatic nitrogens is 2. The highest BCUT2D eigenvalue weighted by atomic mass is 32.2. The average molecular weight is 649 g/mol. The number of rotatable bonds is 9. The van der Waals surface area contributed by atoms with E-state index >= 15 is 0 Å². The normalized spacial score (nSPS) is 17.3. The Morgan fingerprint density at radius 2 is 1.96 bits per heavy atom. The fraction of sp³-hybridized carbons (Fsp3) is 0.433. The number of amides is 2. The van der Waals surface area contributed by atoms with E-state index in [-0.39, 0.29) is 52.4 Å². The Bertz CT molecular complexity index is 1750. The van der Waals surface area contributed by atoms with Gasteiger partial charge in [-0.25, -0.2) is 13.4 Å². The quantitative estimate of drug-likeness (QED) is 0.302. The molecule has 1 aliphatic rings. The van der Waals surface area contributed by atoms with Crippen LogP contribution in [0.25, 0.3) is 11.0 Å². The zero-order valence-corrected chi connectivity index (χ0v) is 26.1. The van der Waals surface area contributed by atoms with E-state index in [9.17, 15) is 31.2 Å². The maximum atomic E-state index is 13.5. The number of sulfone groups is 1. The Labute approximate surface area is 259 Å². The molecule has 0 aliphatic carbocycles. The maximum Gasteiger partial charge on any atom is 0.406 e. The number of methoxy groups -OCH3 is 1. The third-order valence-electron chi connectivity index (χ3n) is 7.47. The molecule has 1 aromatic heterocycles. The molecule has 2 amide bonds. The van der Waals surface area contributed by atoms with Crippen molar-refractivity contribution in [1.29, 1.82) is 0 Å². The van der Waals surface area contributed by atoms with Crippen LogP contribution in [0.3, 0.4) is 0 Å². The fourth-order valence-corrected chi connectivity index (χ4v) is 5.82. The molecule has 2 heterocycles. The van der Waals surface area contributed by atoms with Gasteiger partial charge in [0.1, 0.15) is 17.8 Å². The van der Waals surface area contributed by atoms with Crippen molar-refractivity contribution in [1.82, 2.24) is 25.1 Å². The van der Waals surface area contributed by atoms with Crippen LogP contribution in [-0.2, 0) is 21.2 Å². The first kappa shape index (κ1) is 33.6. The van der Waals surface area contributed by atoms with Crippen LogP contribution in [0.4, 0.5) is 18.9 Å². The Morgan fingerprint density at radius 1 is 1.20 bits per heavy atom. The second-order valence-electron chi connectivity index (χ2n) is 10.9. The van der Waals surface area contributed by atoms with E-state index in [2.05, 4.69) is 32.8 Å². The van der Waals surface area contributed by atoms with Gasteiger partial charge in [-0.1, -0.05) is 18.8 Å². The van der Waals surface area contributed by atoms with E-state index in [4.69, 9.17) is 4.74 Å². The van der Waals surface area contributed by atoms with Crippen molar-refractivity contribution in [3.05, 3.63) is 47.8 Å². The number of halogens is 3. The second-order valence-corrected chi connectivity index (χ2v) is 12.9. The molecular weight excluding hydrogens is 613 g/mol. The Hall–Kier alpha value is -4.29. The van der Waals surface area contributed by atoms with Gasteiger partial charge in [0.15, 0.2) is 9.84 Å². The van der Waals surface area contributed by atoms with Crippen molar-refractivity contribution in [3.63, 3.8) is 0 Å². The van der Waals surface area contributed by atoms with Gasteiger partial charge in [0, 0.05) is 44.1 Å². The van der Waals surface area contributed by atoms with Crippen molar-refractivity contribution in [2.75, 3.05) is 51.9 Å². The molecule has 3 aromatic rings. The van der Waals surface area contributed by atoms with Crippen molar-refractivity contribution in [2.45, 2.75) is 37.0 Å². The molecule has 242 valence electrons. The van der Waals surface area contributed by atoms with Gasteiger partial charge < -0.3 is 25.3 Å². The molecule has 0 spiro atoms. The highest BCUT2D eigenvalue weighted by Gasteiger charge is 2.31. The van der Waals surface area contributed by atoms with Gasteiger partial charge in [0.05, 0.1) is 48.2 Å². The fourth-order valence-electron chi connectivity index (χ4n) is 5.18. The van der Waals surface area contributed by atoms with Gasteiger partial charge in [-0.2, -0.15) is 13.2 Å². The molecule has 0 unspecified atom stereocenters. The molecule has 1 aliphatic heterocycles. The molecule has 0 radical (unpaired) electrons. The first-order valence-corrected chi connectivity index (χ1v) is 16.0. The molecule has 11 nitrogen and oxygen atoms in total. The Kier molecular flexibility index (Phi) is 10.3. The van der Waals surface area contributed by atoms with Crippen LogP contribution >= 0.6 is 0 Å². The minimum Gasteiger partial charge on any atom is -0.495 e. The molecular formula is C30H35F3N6O5S. The summed E-state index contributed by atoms with van der Waals surface area (Å²) in [5, 5.41) is 8.64. The van der Waals surface area contributed by atoms with Gasteiger partial charge in [-0.3, -0.25) is 14.5 Å². The maximum absolute atomic E-state index is 13.5. The minimum absolute atomic E-state index is 0.0168. The lowest BCUT2D eigenvalue weighted by molar-refractivity contribution is -0.140. The molecule has 1 fully saturated rings. The molecule has 2 atom stereocenters. The minimum atomic E-state index is -4.51. The van der Waals surface area contributed by atoms with Crippen molar-refractivity contribution in [3.8, 4) is 17.6 Å². The average Bonchev–Trinajstić information content (AvgIpc) is 3.36. The predicted octanol–water partition coefficient (Wildman–Crippen LogP) is 2.66. The number of piperidine rings is 1. The molecule has 4 rings (SSSR count). The zero-order valence-electron chi connectivity index (χ0n) is 25.3. The monoisotopic (exact) mass is 648 g/mol. The molecule has 1 saturated heterocycles. The molecule has 45 heavy (non-hydrogen) atoms. The number of likely N-dealkylation sites (tertiary alicyclic amines) is 1. The summed E-state index contributed by atoms with van der Waals surface area (Å²) in [5.74, 6) is 5.53. The number of ether oxygens (including phenoxy) is 1. The lowest BCUT2D eigenvalue weighted by atomic mass is 9.93. The number of likely N-dealkylation sites (N-methyl/N-ethyl adjacent to an activating group) is 1. The van der Waals surface area contributed by atoms with Crippen LogP contribution in [0, 0.1) is 17.8 Å². The van der Waals surface area contributed by atoms with Gasteiger partial charge in [-0.05, 0) is 36.6 Å². The SMILES string of the molecule is CNC(=O)CN1CC[C@H](NC(=O)c2cc(C#CCNc3ccc(S(C)(=O)=O)cc3OC)cc3c2ncn3CC(F)(F)F)[C@@H](C)C1. The van der Waals surface area contributed by atoms with Gasteiger partial charge in [-0.15, -0.1) is 0 Å². The summed E-state index contributed by atoms with van der Waals surface area (Å²) in [6.07, 6.45) is -1.77. The van der Waals surface area contributed by atoms with Crippen molar-refractivity contribution < 1.29 is 35.9 Å². The highest BCUT2D eigenvalue weighted by Crippen LogP contribution is 2.28. The predicted molar refractivity (Wildman–Crippen MR) is 163 cm³/mol. The van der Waals surface area contributed by atoms with E-state index in [0.717, 1.165) is 17.2 Å². The summed E-state index contributed by atoms with van der Waals surface area (Å²) in [5.41, 5.74) is 1.15. The number of carbonyl (C=O) groups is 2. The molecule has 0 bridgehead atoms. The number of anilines is 1. The van der Waals surface area contributed by atoms with E-state index < -0.39 is 28.5 Å². The summed E-state index contributed by atoms with van der Waals surface area (Å²) in [6.45, 7) is 2.21. The lowest BCUT2D eigenvalue weighted by Gasteiger charge is -2.36. The van der Waals surface area contributed by atoms with Crippen LogP contribution in [0.15, 0.2) is 41.6 Å². The molecule has 2 aromatic carbocycles. The van der Waals surface area contributed by atoms with E-state index in [1.165, 1.54) is 31.4 Å². The second kappa shape index (κ2) is 13.8. The van der Waals surface area contributed by atoms with Crippen LogP contribution in [-0.4, -0.2) is 93.5 Å². The first-order valence-electron chi connectivity index (χ1n) is 14.1. The number of hydrogen-bond acceptors (Lipinski definition) is 8. The summed E-state index contributed by atoms with van der Waals surface area (Å²) in [4.78, 5) is 31.5. The zero-order chi connectivity index (χ0) is 32.9. The molecule has 3 N–H and O–H groups in total. The third kappa shape index (κ3) is 8.67. The Balaban J connectivity index is 1.57. The van der Waals surface area contributed by atoms with Crippen molar-refractivity contribution >= 4 is 38.4 Å². The molecule has 15 heteroatoms. The number of benzene rings is 2. The topological polar surface area (TPSA) is 135 Å². The number of nitrogens with zero attached hydrogens (tertiary/aromatic N) is 3. The van der Waals surface area contributed by atoms with Crippen LogP contribution in [0.5, 0.6) is 5.75 Å². The van der Waals surface area contributed by atoms with Gasteiger partial charge in [0.25, 0.3) is 5.91 Å². The standard InChI is InChI=1S/C30H35F3N6O5S/c1-19-15-38(16-27(40)34-2)11-9-23(19)37-29(41)22-12-20(13-25-28(22)36-18-39(25)17-30(31,32)33)6-5-10-35-24-8-7-21(45(4,42)43)14-26(24)44-3/h7-8,12-14,18-19,23,35H,9-11,15-17H2,1-4H3,(H,34,40)(H,37,41)/t19-,23-/m0/s1. The van der Waals surface area contributed by atoms with Crippen LogP contribution in [0.1, 0.15) is 29.3 Å².